The van der Waals surface area contributed by atoms with E-state index in [4.69, 9.17) is 4.74 Å². The van der Waals surface area contributed by atoms with Crippen LogP contribution in [0.2, 0.25) is 0 Å². The SMILES string of the molecule is CCOc1ccc2c(c1)CCN1C(=O)[C@H]3CCCN(C(=O)NCCc4ccccc4)[C@H]3C[C@H]21. The maximum atomic E-state index is 13.5. The Bertz CT molecular complexity index is 1010. The van der Waals surface area contributed by atoms with E-state index in [2.05, 4.69) is 34.5 Å². The number of carbonyl (C=O) groups is 2. The van der Waals surface area contributed by atoms with E-state index in [1.54, 1.807) is 0 Å². The Morgan fingerprint density at radius 1 is 1.15 bits per heavy atom. The first-order chi connectivity index (χ1) is 16.2. The van der Waals surface area contributed by atoms with Crippen molar-refractivity contribution in [1.29, 1.82) is 0 Å². The molecule has 2 fully saturated rings. The first-order valence-electron chi connectivity index (χ1n) is 12.3. The minimum atomic E-state index is -0.0841. The van der Waals surface area contributed by atoms with Crippen LogP contribution in [0.3, 0.4) is 0 Å². The van der Waals surface area contributed by atoms with Crippen LogP contribution in [0.4, 0.5) is 4.79 Å². The van der Waals surface area contributed by atoms with Gasteiger partial charge in [0.25, 0.3) is 0 Å². The lowest BCUT2D eigenvalue weighted by atomic mass is 9.76. The third-order valence-electron chi connectivity index (χ3n) is 7.42. The lowest BCUT2D eigenvalue weighted by Gasteiger charge is -2.51. The zero-order valence-electron chi connectivity index (χ0n) is 19.3. The van der Waals surface area contributed by atoms with Gasteiger partial charge < -0.3 is 19.9 Å². The van der Waals surface area contributed by atoms with Crippen LogP contribution in [-0.2, 0) is 17.6 Å². The molecule has 3 aliphatic heterocycles. The summed E-state index contributed by atoms with van der Waals surface area (Å²) in [5, 5.41) is 3.11. The highest BCUT2D eigenvalue weighted by molar-refractivity contribution is 5.83. The highest BCUT2D eigenvalue weighted by atomic mass is 16.5. The van der Waals surface area contributed by atoms with E-state index in [1.807, 2.05) is 36.1 Å². The number of fused-ring (bicyclic) bond motifs is 4. The van der Waals surface area contributed by atoms with Gasteiger partial charge in [-0.05, 0) is 67.9 Å². The Kier molecular flexibility index (Phi) is 6.25. The third kappa shape index (κ3) is 4.31. The van der Waals surface area contributed by atoms with Gasteiger partial charge in [-0.15, -0.1) is 0 Å². The van der Waals surface area contributed by atoms with Gasteiger partial charge in [-0.3, -0.25) is 4.79 Å². The monoisotopic (exact) mass is 447 g/mol. The molecule has 33 heavy (non-hydrogen) atoms. The van der Waals surface area contributed by atoms with Crippen molar-refractivity contribution in [3.8, 4) is 5.75 Å². The van der Waals surface area contributed by atoms with Crippen LogP contribution in [-0.4, -0.2) is 54.0 Å². The van der Waals surface area contributed by atoms with Crippen molar-refractivity contribution < 1.29 is 14.3 Å². The van der Waals surface area contributed by atoms with Gasteiger partial charge in [0.15, 0.2) is 0 Å². The molecule has 6 nitrogen and oxygen atoms in total. The number of likely N-dealkylation sites (tertiary alicyclic amines) is 1. The summed E-state index contributed by atoms with van der Waals surface area (Å²) in [4.78, 5) is 30.6. The van der Waals surface area contributed by atoms with E-state index >= 15 is 0 Å². The molecule has 2 saturated heterocycles. The van der Waals surface area contributed by atoms with Crippen molar-refractivity contribution in [2.75, 3.05) is 26.2 Å². The number of carbonyl (C=O) groups excluding carboxylic acids is 2. The van der Waals surface area contributed by atoms with E-state index in [-0.39, 0.29) is 29.9 Å². The molecular weight excluding hydrogens is 414 g/mol. The van der Waals surface area contributed by atoms with Gasteiger partial charge in [0.2, 0.25) is 5.91 Å². The summed E-state index contributed by atoms with van der Waals surface area (Å²) >= 11 is 0. The number of nitrogens with one attached hydrogen (secondary N) is 1. The van der Waals surface area contributed by atoms with Crippen LogP contribution in [0, 0.1) is 5.92 Å². The fourth-order valence-electron chi connectivity index (χ4n) is 5.85. The number of hydrogen-bond acceptors (Lipinski definition) is 3. The number of nitrogens with zero attached hydrogens (tertiary/aromatic N) is 2. The summed E-state index contributed by atoms with van der Waals surface area (Å²) in [5.74, 6) is 1.03. The molecule has 0 bridgehead atoms. The number of ether oxygens (including phenoxy) is 1. The lowest BCUT2D eigenvalue weighted by Crippen LogP contribution is -2.61. The second-order valence-corrected chi connectivity index (χ2v) is 9.30. The zero-order chi connectivity index (χ0) is 22.8. The van der Waals surface area contributed by atoms with Gasteiger partial charge in [0, 0.05) is 25.7 Å². The number of urea groups is 1. The maximum absolute atomic E-state index is 13.5. The van der Waals surface area contributed by atoms with Gasteiger partial charge in [-0.1, -0.05) is 36.4 Å². The van der Waals surface area contributed by atoms with Crippen LogP contribution >= 0.6 is 0 Å². The first kappa shape index (κ1) is 21.8. The number of rotatable bonds is 5. The van der Waals surface area contributed by atoms with Gasteiger partial charge in [-0.25, -0.2) is 4.79 Å². The Balaban J connectivity index is 1.31. The molecule has 0 aromatic heterocycles. The van der Waals surface area contributed by atoms with Crippen LogP contribution in [0.15, 0.2) is 48.5 Å². The van der Waals surface area contributed by atoms with E-state index < -0.39 is 0 Å². The molecule has 6 heteroatoms. The van der Waals surface area contributed by atoms with Gasteiger partial charge in [0.1, 0.15) is 5.75 Å². The molecular formula is C27H33N3O3. The van der Waals surface area contributed by atoms with Crippen LogP contribution in [0.1, 0.15) is 48.9 Å². The second kappa shape index (κ2) is 9.46. The molecule has 1 N–H and O–H groups in total. The Labute approximate surface area is 195 Å². The minimum absolute atomic E-state index is 0.0374. The molecule has 2 aromatic rings. The number of benzene rings is 2. The summed E-state index contributed by atoms with van der Waals surface area (Å²) in [6.07, 6.45) is 4.23. The molecule has 0 unspecified atom stereocenters. The first-order valence-corrected chi connectivity index (χ1v) is 12.3. The standard InChI is InChI=1S/C27H33N3O3/c1-2-33-21-10-11-22-20(17-21)13-16-29-24(22)18-25-23(26(29)31)9-6-15-30(25)27(32)28-14-12-19-7-4-3-5-8-19/h3-5,7-8,10-11,17,23-25H,2,6,9,12-16,18H2,1H3,(H,28,32)/t23-,24+,25-/m0/s1. The van der Waals surface area contributed by atoms with Crippen molar-refractivity contribution >= 4 is 11.9 Å². The Morgan fingerprint density at radius 2 is 2.00 bits per heavy atom. The van der Waals surface area contributed by atoms with E-state index in [0.29, 0.717) is 19.7 Å². The average molecular weight is 448 g/mol. The predicted octanol–water partition coefficient (Wildman–Crippen LogP) is 3.95. The summed E-state index contributed by atoms with van der Waals surface area (Å²) in [6, 6.07) is 16.4. The van der Waals surface area contributed by atoms with Crippen LogP contribution < -0.4 is 10.1 Å². The van der Waals surface area contributed by atoms with E-state index in [0.717, 1.165) is 44.4 Å². The fraction of sp³-hybridized carbons (Fsp3) is 0.481. The molecule has 3 heterocycles. The third-order valence-corrected chi connectivity index (χ3v) is 7.42. The predicted molar refractivity (Wildman–Crippen MR) is 127 cm³/mol. The quantitative estimate of drug-likeness (QED) is 0.755. The van der Waals surface area contributed by atoms with E-state index in [1.165, 1.54) is 16.7 Å². The molecule has 0 saturated carbocycles. The number of piperidine rings is 2. The van der Waals surface area contributed by atoms with Gasteiger partial charge in [0.05, 0.1) is 18.6 Å². The highest BCUT2D eigenvalue weighted by Crippen LogP contribution is 2.44. The molecule has 0 spiro atoms. The summed E-state index contributed by atoms with van der Waals surface area (Å²) in [6.45, 7) is 4.70. The molecule has 2 aromatic carbocycles. The maximum Gasteiger partial charge on any atom is 0.317 e. The molecule has 3 aliphatic rings. The Morgan fingerprint density at radius 3 is 2.82 bits per heavy atom. The molecule has 0 aliphatic carbocycles. The van der Waals surface area contributed by atoms with Crippen molar-refractivity contribution in [2.45, 2.75) is 51.1 Å². The van der Waals surface area contributed by atoms with Gasteiger partial charge >= 0.3 is 6.03 Å². The fourth-order valence-corrected chi connectivity index (χ4v) is 5.85. The van der Waals surface area contributed by atoms with Crippen LogP contribution in [0.5, 0.6) is 5.75 Å². The van der Waals surface area contributed by atoms with Crippen molar-refractivity contribution in [3.05, 3.63) is 65.2 Å². The highest BCUT2D eigenvalue weighted by Gasteiger charge is 2.48. The zero-order valence-corrected chi connectivity index (χ0v) is 19.3. The molecule has 5 rings (SSSR count). The topological polar surface area (TPSA) is 61.9 Å². The van der Waals surface area contributed by atoms with Gasteiger partial charge in [-0.2, -0.15) is 0 Å². The number of amides is 3. The largest absolute Gasteiger partial charge is 0.494 e. The minimum Gasteiger partial charge on any atom is -0.494 e. The van der Waals surface area contributed by atoms with Crippen LogP contribution in [0.25, 0.3) is 0 Å². The smallest absolute Gasteiger partial charge is 0.317 e. The molecule has 3 atom stereocenters. The van der Waals surface area contributed by atoms with Crippen molar-refractivity contribution in [3.63, 3.8) is 0 Å². The summed E-state index contributed by atoms with van der Waals surface area (Å²) < 4.78 is 5.69. The average Bonchev–Trinajstić information content (AvgIpc) is 2.84. The molecule has 174 valence electrons. The summed E-state index contributed by atoms with van der Waals surface area (Å²) in [5.41, 5.74) is 3.69. The normalized spacial score (nSPS) is 23.9. The lowest BCUT2D eigenvalue weighted by molar-refractivity contribution is -0.148. The second-order valence-electron chi connectivity index (χ2n) is 9.30. The van der Waals surface area contributed by atoms with E-state index in [9.17, 15) is 9.59 Å². The van der Waals surface area contributed by atoms with Crippen molar-refractivity contribution in [2.24, 2.45) is 5.92 Å². The summed E-state index contributed by atoms with van der Waals surface area (Å²) in [7, 11) is 0. The molecule has 0 radical (unpaired) electrons. The van der Waals surface area contributed by atoms with Crippen molar-refractivity contribution in [1.82, 2.24) is 15.1 Å². The number of hydrogen-bond donors (Lipinski definition) is 1. The molecule has 3 amide bonds. The Hall–Kier alpha value is -3.02.